The minimum atomic E-state index is -4.86. The molecule has 2 amide bonds. The number of methoxy groups -OCH3 is 3. The maximum absolute atomic E-state index is 13.0. The van der Waals surface area contributed by atoms with Gasteiger partial charge in [-0.15, -0.1) is 0 Å². The van der Waals surface area contributed by atoms with Crippen LogP contribution in [0.5, 0.6) is 11.8 Å². The molecule has 33 heavy (non-hydrogen) atoms. The van der Waals surface area contributed by atoms with Gasteiger partial charge in [0, 0.05) is 6.54 Å². The summed E-state index contributed by atoms with van der Waals surface area (Å²) in [6.07, 6.45) is 0.869. The predicted octanol–water partition coefficient (Wildman–Crippen LogP) is -0.160. The van der Waals surface area contributed by atoms with Crippen LogP contribution in [-0.2, 0) is 31.3 Å². The molecule has 0 saturated heterocycles. The number of urea groups is 1. The van der Waals surface area contributed by atoms with E-state index in [1.54, 1.807) is 4.72 Å². The fourth-order valence-corrected chi connectivity index (χ4v) is 3.84. The third-order valence-electron chi connectivity index (χ3n) is 3.62. The molecule has 16 heteroatoms. The molecule has 0 aliphatic carbocycles. The number of amides is 2. The lowest BCUT2D eigenvalue weighted by atomic mass is 10.1. The summed E-state index contributed by atoms with van der Waals surface area (Å²) in [4.78, 5) is 31.0. The molecule has 0 unspecified atom stereocenters. The van der Waals surface area contributed by atoms with Crippen molar-refractivity contribution in [2.75, 3.05) is 32.8 Å². The van der Waals surface area contributed by atoms with Gasteiger partial charge in [0.05, 0.1) is 47.3 Å². The largest absolute Gasteiger partial charge is 0.481 e. The molecular weight excluding hydrogens is 482 g/mol. The van der Waals surface area contributed by atoms with Crippen LogP contribution >= 0.6 is 0 Å². The van der Waals surface area contributed by atoms with E-state index in [2.05, 4.69) is 28.9 Å². The fourth-order valence-electron chi connectivity index (χ4n) is 2.26. The van der Waals surface area contributed by atoms with Gasteiger partial charge in [0.15, 0.2) is 0 Å². The van der Waals surface area contributed by atoms with Crippen LogP contribution in [0.2, 0.25) is 0 Å². The highest BCUT2D eigenvalue weighted by atomic mass is 32.2. The smallest absolute Gasteiger partial charge is 0.339 e. The number of ether oxygens (including phenoxy) is 3. The van der Waals surface area contributed by atoms with Crippen LogP contribution in [0.15, 0.2) is 29.2 Å². The Balaban J connectivity index is 2.39. The number of benzene rings is 1. The highest BCUT2D eigenvalue weighted by Gasteiger charge is 2.26. The lowest BCUT2D eigenvalue weighted by Gasteiger charge is -2.13. The molecule has 0 saturated carbocycles. The van der Waals surface area contributed by atoms with E-state index in [-0.39, 0.29) is 12.1 Å². The lowest BCUT2D eigenvalue weighted by molar-refractivity contribution is 0.0596. The van der Waals surface area contributed by atoms with Gasteiger partial charge in [0.1, 0.15) is 4.90 Å². The number of carbonyl (C=O) groups is 2. The van der Waals surface area contributed by atoms with Crippen molar-refractivity contribution in [2.24, 2.45) is 0 Å². The zero-order valence-electron chi connectivity index (χ0n) is 22.9. The second-order valence-electron chi connectivity index (χ2n) is 6.05. The van der Waals surface area contributed by atoms with Gasteiger partial charge in [0.25, 0.3) is 10.0 Å². The number of anilines is 1. The molecule has 0 aliphatic rings. The summed E-state index contributed by atoms with van der Waals surface area (Å²) in [5.74, 6) is -3.41. The van der Waals surface area contributed by atoms with Crippen molar-refractivity contribution in [1.82, 2.24) is 19.4 Å². The maximum atomic E-state index is 13.0. The van der Waals surface area contributed by atoms with E-state index < -0.39 is 74.3 Å². The van der Waals surface area contributed by atoms with Crippen molar-refractivity contribution in [3.63, 3.8) is 0 Å². The molecule has 2 rings (SSSR count). The van der Waals surface area contributed by atoms with E-state index >= 15 is 0 Å². The van der Waals surface area contributed by atoms with Crippen molar-refractivity contribution >= 4 is 38.0 Å². The average Bonchev–Trinajstić information content (AvgIpc) is 2.73. The number of nitrogens with zero attached hydrogens (tertiary/aromatic N) is 2. The summed E-state index contributed by atoms with van der Waals surface area (Å²) >= 11 is 0. The number of rotatable bonds is 9. The zero-order valence-corrected chi connectivity index (χ0v) is 18.5. The van der Waals surface area contributed by atoms with Crippen LogP contribution in [-0.4, -0.2) is 66.2 Å². The molecular formula is C17H21N5O9S2. The number of hydrogen-bond donors (Lipinski definition) is 3. The van der Waals surface area contributed by atoms with Crippen molar-refractivity contribution in [3.05, 3.63) is 35.4 Å². The van der Waals surface area contributed by atoms with Crippen LogP contribution in [0.1, 0.15) is 24.1 Å². The Morgan fingerprint density at radius 2 is 1.70 bits per heavy atom. The van der Waals surface area contributed by atoms with Gasteiger partial charge in [-0.05, 0) is 17.7 Å². The molecule has 3 N–H and O–H groups in total. The zero-order chi connectivity index (χ0) is 29.8. The SMILES string of the molecule is [2H]C([2H])([2H])Oc1cc(OC([2H])([2H])[2H])nc(NC(=O)NS(=O)(=O)c2cc(CNS(C)(=O)=O)ccc2C(=O)OC)n1. The van der Waals surface area contributed by atoms with Gasteiger partial charge in [-0.2, -0.15) is 9.97 Å². The molecule has 1 aromatic carbocycles. The van der Waals surface area contributed by atoms with E-state index in [1.807, 2.05) is 5.32 Å². The molecule has 0 aliphatic heterocycles. The molecule has 14 nitrogen and oxygen atoms in total. The van der Waals surface area contributed by atoms with Crippen molar-refractivity contribution in [1.29, 1.82) is 0 Å². The minimum absolute atomic E-state index is 0.0955. The van der Waals surface area contributed by atoms with E-state index in [0.717, 1.165) is 25.5 Å². The van der Waals surface area contributed by atoms with Crippen LogP contribution in [0.3, 0.4) is 0 Å². The molecule has 0 bridgehead atoms. The van der Waals surface area contributed by atoms with E-state index in [0.29, 0.717) is 6.07 Å². The molecule has 0 atom stereocenters. The van der Waals surface area contributed by atoms with Gasteiger partial charge < -0.3 is 14.2 Å². The first-order chi connectivity index (χ1) is 17.7. The van der Waals surface area contributed by atoms with E-state index in [9.17, 15) is 26.4 Å². The number of hydrogen-bond acceptors (Lipinski definition) is 11. The minimum Gasteiger partial charge on any atom is -0.481 e. The molecule has 2 aromatic rings. The lowest BCUT2D eigenvalue weighted by Crippen LogP contribution is -2.35. The first-order valence-electron chi connectivity index (χ1n) is 11.4. The average molecular weight is 510 g/mol. The van der Waals surface area contributed by atoms with E-state index in [4.69, 9.17) is 8.22 Å². The second-order valence-corrected chi connectivity index (χ2v) is 9.53. The highest BCUT2D eigenvalue weighted by Crippen LogP contribution is 2.20. The Morgan fingerprint density at radius 1 is 1.06 bits per heavy atom. The quantitative estimate of drug-likeness (QED) is 0.380. The van der Waals surface area contributed by atoms with Crippen LogP contribution in [0.25, 0.3) is 0 Å². The molecule has 0 spiro atoms. The molecule has 180 valence electrons. The normalized spacial score (nSPS) is 14.8. The fraction of sp³-hybridized carbons (Fsp3) is 0.294. The number of carbonyl (C=O) groups excluding carboxylic acids is 2. The van der Waals surface area contributed by atoms with Gasteiger partial charge >= 0.3 is 12.0 Å². The molecule has 1 heterocycles. The molecule has 0 fully saturated rings. The predicted molar refractivity (Wildman–Crippen MR) is 114 cm³/mol. The third kappa shape index (κ3) is 7.26. The Kier molecular flexibility index (Phi) is 5.67. The molecule has 1 aromatic heterocycles. The van der Waals surface area contributed by atoms with Crippen LogP contribution < -0.4 is 24.2 Å². The first kappa shape index (κ1) is 18.0. The summed E-state index contributed by atoms with van der Waals surface area (Å²) in [5.41, 5.74) is -0.406. The van der Waals surface area contributed by atoms with Crippen molar-refractivity contribution in [2.45, 2.75) is 11.4 Å². The highest BCUT2D eigenvalue weighted by molar-refractivity contribution is 7.90. The summed E-state index contributed by atoms with van der Waals surface area (Å²) in [6, 6.07) is 2.38. The van der Waals surface area contributed by atoms with Crippen LogP contribution in [0, 0.1) is 0 Å². The topological polar surface area (TPSA) is 192 Å². The summed E-state index contributed by atoms with van der Waals surface area (Å²) in [7, 11) is -13.6. The Hall–Kier alpha value is -3.50. The second kappa shape index (κ2) is 10.4. The van der Waals surface area contributed by atoms with Gasteiger partial charge in [-0.1, -0.05) is 6.07 Å². The molecule has 0 radical (unpaired) electrons. The summed E-state index contributed by atoms with van der Waals surface area (Å²) in [5, 5.41) is 1.86. The maximum Gasteiger partial charge on any atom is 0.339 e. The van der Waals surface area contributed by atoms with Gasteiger partial charge in [-0.25, -0.2) is 35.9 Å². The number of aromatic nitrogens is 2. The number of esters is 1. The monoisotopic (exact) mass is 509 g/mol. The van der Waals surface area contributed by atoms with Gasteiger partial charge in [-0.3, -0.25) is 5.32 Å². The Bertz CT molecular complexity index is 1430. The van der Waals surface area contributed by atoms with Crippen LogP contribution in [0.4, 0.5) is 10.7 Å². The summed E-state index contributed by atoms with van der Waals surface area (Å²) in [6.45, 7) is -0.356. The first-order valence-corrected chi connectivity index (χ1v) is 11.8. The Morgan fingerprint density at radius 3 is 2.24 bits per heavy atom. The number of sulfonamides is 2. The Labute approximate surface area is 198 Å². The van der Waals surface area contributed by atoms with Crippen molar-refractivity contribution in [3.8, 4) is 11.8 Å². The van der Waals surface area contributed by atoms with Crippen molar-refractivity contribution < 1.29 is 48.9 Å². The number of nitrogens with one attached hydrogen (secondary N) is 3. The third-order valence-corrected chi connectivity index (χ3v) is 5.66. The van der Waals surface area contributed by atoms with E-state index in [1.165, 1.54) is 6.07 Å². The summed E-state index contributed by atoms with van der Waals surface area (Å²) < 4.78 is 109. The van der Waals surface area contributed by atoms with Gasteiger partial charge in [0.2, 0.25) is 27.7 Å². The standard InChI is InChI=1S/C17H21N5O9S2/c1-29-13-8-14(30-2)20-16(19-13)21-17(24)22-33(27,28)12-7-10(9-18-32(4,25)26)5-6-11(12)15(23)31-3/h5-8,18H,9H2,1-4H3,(H2,19,20,21,22,24)/i1D3,2D3.